The van der Waals surface area contributed by atoms with E-state index in [9.17, 15) is 13.2 Å². The lowest BCUT2D eigenvalue weighted by molar-refractivity contribution is 0.0973. The first-order valence-corrected chi connectivity index (χ1v) is 13.5. The molecule has 0 spiro atoms. The minimum absolute atomic E-state index is 0.0235. The van der Waals surface area contributed by atoms with E-state index in [1.807, 2.05) is 6.92 Å². The van der Waals surface area contributed by atoms with Crippen LogP contribution < -0.4 is 29.6 Å². The number of hydrogen-bond acceptors (Lipinski definition) is 9. The molecule has 14 heteroatoms. The Morgan fingerprint density at radius 2 is 1.78 bits per heavy atom. The summed E-state index contributed by atoms with van der Waals surface area (Å²) in [5.41, 5.74) is 0.781. The van der Waals surface area contributed by atoms with E-state index in [4.69, 9.17) is 26.4 Å². The summed E-state index contributed by atoms with van der Waals surface area (Å²) >= 11 is 8.60. The maximum absolute atomic E-state index is 12.8. The van der Waals surface area contributed by atoms with Crippen molar-refractivity contribution in [2.45, 2.75) is 18.2 Å². The largest absolute Gasteiger partial charge is 0.493 e. The Balaban J connectivity index is 1.67. The Labute approximate surface area is 228 Å². The van der Waals surface area contributed by atoms with Crippen LogP contribution >= 0.6 is 28.1 Å². The summed E-state index contributed by atoms with van der Waals surface area (Å²) in [6, 6.07) is 12.1. The van der Waals surface area contributed by atoms with Gasteiger partial charge in [0.1, 0.15) is 5.75 Å². The molecule has 0 fully saturated rings. The van der Waals surface area contributed by atoms with Crippen molar-refractivity contribution >= 4 is 60.7 Å². The number of rotatable bonds is 10. The van der Waals surface area contributed by atoms with Gasteiger partial charge in [-0.25, -0.2) is 8.42 Å². The van der Waals surface area contributed by atoms with Crippen LogP contribution in [0.3, 0.4) is 0 Å². The molecule has 2 aromatic carbocycles. The van der Waals surface area contributed by atoms with E-state index < -0.39 is 15.9 Å². The number of hydrogen-bond donors (Lipinski definition) is 3. The monoisotopic (exact) mass is 609 g/mol. The summed E-state index contributed by atoms with van der Waals surface area (Å²) < 4.78 is 44.3. The van der Waals surface area contributed by atoms with Gasteiger partial charge in [-0.05, 0) is 61.1 Å². The highest BCUT2D eigenvalue weighted by atomic mass is 79.9. The van der Waals surface area contributed by atoms with Crippen LogP contribution in [0.4, 0.5) is 11.5 Å². The molecule has 0 aliphatic heterocycles. The van der Waals surface area contributed by atoms with Gasteiger partial charge in [-0.1, -0.05) is 22.9 Å². The van der Waals surface area contributed by atoms with Crippen LogP contribution in [0.1, 0.15) is 23.7 Å². The molecule has 0 saturated carbocycles. The number of halogens is 1. The Hall–Kier alpha value is -3.49. The van der Waals surface area contributed by atoms with Gasteiger partial charge in [0.05, 0.1) is 31.3 Å². The third-order valence-corrected chi connectivity index (χ3v) is 6.68. The van der Waals surface area contributed by atoms with E-state index in [0.717, 1.165) is 6.42 Å². The molecule has 1 aromatic heterocycles. The van der Waals surface area contributed by atoms with Crippen molar-refractivity contribution in [3.63, 3.8) is 0 Å². The van der Waals surface area contributed by atoms with E-state index in [2.05, 4.69) is 41.3 Å². The second-order valence-corrected chi connectivity index (χ2v) is 10.3. The molecule has 196 valence electrons. The SMILES string of the molecule is CCCOc1ccc(Br)cc1C(=O)NC(=S)Nc1ccc(S(=O)(=O)Nc2cc(OC)nc(OC)n2)cc1. The summed E-state index contributed by atoms with van der Waals surface area (Å²) in [4.78, 5) is 20.6. The maximum Gasteiger partial charge on any atom is 0.321 e. The van der Waals surface area contributed by atoms with Crippen molar-refractivity contribution in [3.05, 3.63) is 58.6 Å². The highest BCUT2D eigenvalue weighted by Crippen LogP contribution is 2.24. The first-order chi connectivity index (χ1) is 17.6. The molecule has 0 aliphatic rings. The average Bonchev–Trinajstić information content (AvgIpc) is 2.87. The number of carbonyl (C=O) groups excluding carboxylic acids is 1. The molecule has 0 aliphatic carbocycles. The average molecular weight is 611 g/mol. The van der Waals surface area contributed by atoms with Crippen LogP contribution in [0.15, 0.2) is 57.9 Å². The number of nitrogens with one attached hydrogen (secondary N) is 3. The van der Waals surface area contributed by atoms with Gasteiger partial charge in [-0.2, -0.15) is 9.97 Å². The molecule has 1 heterocycles. The lowest BCUT2D eigenvalue weighted by atomic mass is 10.2. The molecule has 11 nitrogen and oxygen atoms in total. The smallest absolute Gasteiger partial charge is 0.321 e. The van der Waals surface area contributed by atoms with Gasteiger partial charge in [-0.3, -0.25) is 14.8 Å². The Morgan fingerprint density at radius 1 is 1.05 bits per heavy atom. The number of benzene rings is 2. The predicted molar refractivity (Wildman–Crippen MR) is 146 cm³/mol. The fraction of sp³-hybridized carbons (Fsp3) is 0.217. The zero-order chi connectivity index (χ0) is 27.0. The molecule has 0 bridgehead atoms. The van der Waals surface area contributed by atoms with E-state index in [-0.39, 0.29) is 27.7 Å². The molecular weight excluding hydrogens is 586 g/mol. The minimum atomic E-state index is -3.98. The fourth-order valence-electron chi connectivity index (χ4n) is 2.92. The third kappa shape index (κ3) is 7.74. The molecule has 3 aromatic rings. The maximum atomic E-state index is 12.8. The van der Waals surface area contributed by atoms with Crippen molar-refractivity contribution in [3.8, 4) is 17.6 Å². The summed E-state index contributed by atoms with van der Waals surface area (Å²) in [6.45, 7) is 2.43. The summed E-state index contributed by atoms with van der Waals surface area (Å²) in [5.74, 6) is 0.0894. The number of anilines is 2. The van der Waals surface area contributed by atoms with Crippen molar-refractivity contribution in [1.29, 1.82) is 0 Å². The lowest BCUT2D eigenvalue weighted by Gasteiger charge is -2.14. The zero-order valence-corrected chi connectivity index (χ0v) is 23.3. The van der Waals surface area contributed by atoms with Crippen LogP contribution in [0.25, 0.3) is 0 Å². The summed E-state index contributed by atoms with van der Waals surface area (Å²) in [7, 11) is -1.24. The molecule has 0 atom stereocenters. The highest BCUT2D eigenvalue weighted by molar-refractivity contribution is 9.10. The van der Waals surface area contributed by atoms with E-state index in [1.54, 1.807) is 18.2 Å². The predicted octanol–water partition coefficient (Wildman–Crippen LogP) is 3.97. The van der Waals surface area contributed by atoms with Gasteiger partial charge in [-0.15, -0.1) is 0 Å². The number of thiocarbonyl (C=S) groups is 1. The second-order valence-electron chi connectivity index (χ2n) is 7.31. The fourth-order valence-corrected chi connectivity index (χ4v) is 4.48. The number of aromatic nitrogens is 2. The Kier molecular flexibility index (Phi) is 9.60. The second kappa shape index (κ2) is 12.7. The van der Waals surface area contributed by atoms with Crippen LogP contribution in [-0.4, -0.2) is 50.2 Å². The van der Waals surface area contributed by atoms with Gasteiger partial charge in [0.25, 0.3) is 15.9 Å². The van der Waals surface area contributed by atoms with E-state index in [0.29, 0.717) is 28.1 Å². The van der Waals surface area contributed by atoms with Gasteiger partial charge in [0, 0.05) is 16.2 Å². The zero-order valence-electron chi connectivity index (χ0n) is 20.1. The van der Waals surface area contributed by atoms with Crippen LogP contribution in [0.2, 0.25) is 0 Å². The Morgan fingerprint density at radius 3 is 2.43 bits per heavy atom. The normalized spacial score (nSPS) is 10.8. The molecule has 3 N–H and O–H groups in total. The quantitative estimate of drug-likeness (QED) is 0.289. The molecule has 3 rings (SSSR count). The van der Waals surface area contributed by atoms with Crippen molar-refractivity contribution < 1.29 is 27.4 Å². The van der Waals surface area contributed by atoms with Crippen molar-refractivity contribution in [2.75, 3.05) is 30.9 Å². The van der Waals surface area contributed by atoms with Gasteiger partial charge < -0.3 is 19.5 Å². The van der Waals surface area contributed by atoms with Gasteiger partial charge in [0.15, 0.2) is 10.9 Å². The topological polar surface area (TPSA) is 141 Å². The van der Waals surface area contributed by atoms with E-state index in [1.165, 1.54) is 44.6 Å². The molecule has 1 amide bonds. The number of amides is 1. The van der Waals surface area contributed by atoms with Crippen molar-refractivity contribution in [1.82, 2.24) is 15.3 Å². The van der Waals surface area contributed by atoms with Crippen LogP contribution in [-0.2, 0) is 10.0 Å². The first kappa shape index (κ1) is 28.1. The van der Waals surface area contributed by atoms with Crippen LogP contribution in [0, 0.1) is 0 Å². The van der Waals surface area contributed by atoms with Crippen molar-refractivity contribution in [2.24, 2.45) is 0 Å². The summed E-state index contributed by atoms with van der Waals surface area (Å²) in [5, 5.41) is 5.48. The van der Waals surface area contributed by atoms with Crippen LogP contribution in [0.5, 0.6) is 17.6 Å². The minimum Gasteiger partial charge on any atom is -0.493 e. The lowest BCUT2D eigenvalue weighted by Crippen LogP contribution is -2.34. The number of ether oxygens (including phenoxy) is 3. The van der Waals surface area contributed by atoms with Gasteiger partial charge >= 0.3 is 6.01 Å². The summed E-state index contributed by atoms with van der Waals surface area (Å²) in [6.07, 6.45) is 0.791. The third-order valence-electron chi connectivity index (χ3n) is 4.61. The number of methoxy groups -OCH3 is 2. The highest BCUT2D eigenvalue weighted by Gasteiger charge is 2.18. The van der Waals surface area contributed by atoms with E-state index >= 15 is 0 Å². The molecule has 0 radical (unpaired) electrons. The number of carbonyl (C=O) groups is 1. The number of sulfonamides is 1. The first-order valence-electron chi connectivity index (χ1n) is 10.8. The molecule has 37 heavy (non-hydrogen) atoms. The molecule has 0 saturated heterocycles. The number of nitrogens with zero attached hydrogens (tertiary/aromatic N) is 2. The Bertz CT molecular complexity index is 1360. The van der Waals surface area contributed by atoms with Gasteiger partial charge in [0.2, 0.25) is 5.88 Å². The standard InChI is InChI=1S/C23H24BrN5O6S2/c1-4-11-35-18-10-5-14(24)12-17(18)21(30)28-23(36)25-15-6-8-16(9-7-15)37(31,32)29-19-13-20(33-2)27-22(26-19)34-3/h5-10,12-13H,4,11H2,1-3H3,(H,26,27,29)(H2,25,28,30,36). The molecule has 0 unspecified atom stereocenters. The molecular formula is C23H24BrN5O6S2.